The molecular formula is C7H12O4S. The Bertz CT molecular complexity index is 180. The van der Waals surface area contributed by atoms with Crippen molar-refractivity contribution in [2.45, 2.75) is 24.3 Å². The van der Waals surface area contributed by atoms with Gasteiger partial charge in [-0.25, -0.2) is 0 Å². The van der Waals surface area contributed by atoms with Gasteiger partial charge in [-0.3, -0.25) is 9.59 Å². The van der Waals surface area contributed by atoms with Crippen molar-refractivity contribution < 1.29 is 19.4 Å². The van der Waals surface area contributed by atoms with Crippen LogP contribution in [0.3, 0.4) is 0 Å². The summed E-state index contributed by atoms with van der Waals surface area (Å²) in [5.74, 6) is -1.32. The lowest BCUT2D eigenvalue weighted by Gasteiger charge is -2.11. The number of carboxylic acid groups (broad SMARTS) is 1. The van der Waals surface area contributed by atoms with Crippen LogP contribution < -0.4 is 0 Å². The van der Waals surface area contributed by atoms with Crippen molar-refractivity contribution in [3.05, 3.63) is 0 Å². The first-order valence-electron chi connectivity index (χ1n) is 3.45. The maximum atomic E-state index is 10.8. The van der Waals surface area contributed by atoms with Crippen molar-refractivity contribution >= 4 is 23.7 Å². The van der Waals surface area contributed by atoms with Gasteiger partial charge in [-0.2, -0.15) is 0 Å². The molecule has 0 aromatic carbocycles. The van der Waals surface area contributed by atoms with E-state index in [1.807, 2.05) is 0 Å². The van der Waals surface area contributed by atoms with E-state index in [2.05, 4.69) is 4.74 Å². The minimum absolute atomic E-state index is 0.395. The van der Waals surface area contributed by atoms with E-state index in [0.717, 1.165) is 11.8 Å². The molecule has 0 aliphatic rings. The summed E-state index contributed by atoms with van der Waals surface area (Å²) < 4.78 is 4.44. The maximum absolute atomic E-state index is 10.8. The number of carboxylic acids is 1. The van der Waals surface area contributed by atoms with Gasteiger partial charge in [0.05, 0.1) is 7.11 Å². The summed E-state index contributed by atoms with van der Waals surface area (Å²) in [5, 5.41) is 7.50. The molecule has 1 N–H and O–H groups in total. The number of rotatable bonds is 4. The number of ether oxygens (including phenoxy) is 1. The van der Waals surface area contributed by atoms with Gasteiger partial charge in [0.25, 0.3) is 0 Å². The van der Waals surface area contributed by atoms with E-state index in [-0.39, 0.29) is 0 Å². The molecule has 0 radical (unpaired) electrons. The second kappa shape index (κ2) is 5.03. The predicted molar refractivity (Wildman–Crippen MR) is 46.2 cm³/mol. The second-order valence-corrected chi connectivity index (χ2v) is 3.97. The van der Waals surface area contributed by atoms with Gasteiger partial charge in [0.2, 0.25) is 0 Å². The molecule has 0 rings (SSSR count). The Morgan fingerprint density at radius 2 is 1.83 bits per heavy atom. The highest BCUT2D eigenvalue weighted by atomic mass is 32.2. The highest BCUT2D eigenvalue weighted by molar-refractivity contribution is 8.01. The number of carbonyl (C=O) groups excluding carboxylic acids is 1. The Balaban J connectivity index is 3.91. The molecule has 12 heavy (non-hydrogen) atoms. The van der Waals surface area contributed by atoms with E-state index in [9.17, 15) is 9.59 Å². The third-order valence-electron chi connectivity index (χ3n) is 1.29. The average Bonchev–Trinajstić information content (AvgIpc) is 2.02. The molecule has 5 heteroatoms. The summed E-state index contributed by atoms with van der Waals surface area (Å²) in [4.78, 5) is 21.2. The average molecular weight is 192 g/mol. The highest BCUT2D eigenvalue weighted by Crippen LogP contribution is 2.18. The topological polar surface area (TPSA) is 63.6 Å². The van der Waals surface area contributed by atoms with E-state index >= 15 is 0 Å². The third-order valence-corrected chi connectivity index (χ3v) is 2.50. The molecule has 0 aromatic rings. The number of hydrogen-bond acceptors (Lipinski definition) is 4. The van der Waals surface area contributed by atoms with Crippen molar-refractivity contribution in [3.8, 4) is 0 Å². The van der Waals surface area contributed by atoms with E-state index < -0.39 is 22.4 Å². The monoisotopic (exact) mass is 192 g/mol. The fraction of sp³-hybridized carbons (Fsp3) is 0.714. The molecule has 0 fully saturated rings. The van der Waals surface area contributed by atoms with Crippen LogP contribution in [-0.2, 0) is 14.3 Å². The van der Waals surface area contributed by atoms with Crippen molar-refractivity contribution in [2.75, 3.05) is 7.11 Å². The third kappa shape index (κ3) is 3.61. The number of thioether (sulfide) groups is 1. The Morgan fingerprint density at radius 1 is 1.33 bits per heavy atom. The van der Waals surface area contributed by atoms with Gasteiger partial charge < -0.3 is 9.84 Å². The maximum Gasteiger partial charge on any atom is 0.318 e. The lowest BCUT2D eigenvalue weighted by atomic mass is 10.5. The highest BCUT2D eigenvalue weighted by Gasteiger charge is 2.20. The van der Waals surface area contributed by atoms with Crippen molar-refractivity contribution in [1.29, 1.82) is 0 Å². The Labute approximate surface area is 75.3 Å². The summed E-state index contributed by atoms with van der Waals surface area (Å²) in [5.41, 5.74) is 0. The van der Waals surface area contributed by atoms with Crippen LogP contribution >= 0.6 is 11.8 Å². The van der Waals surface area contributed by atoms with Crippen molar-refractivity contribution in [1.82, 2.24) is 0 Å². The smallest absolute Gasteiger partial charge is 0.318 e. The first-order valence-corrected chi connectivity index (χ1v) is 4.39. The lowest BCUT2D eigenvalue weighted by molar-refractivity contribution is -0.139. The number of aliphatic carboxylic acids is 1. The molecule has 0 saturated carbocycles. The van der Waals surface area contributed by atoms with Crippen molar-refractivity contribution in [2.24, 2.45) is 0 Å². The van der Waals surface area contributed by atoms with Crippen molar-refractivity contribution in [3.63, 3.8) is 0 Å². The quantitative estimate of drug-likeness (QED) is 0.666. The first kappa shape index (κ1) is 11.3. The fourth-order valence-electron chi connectivity index (χ4n) is 0.586. The van der Waals surface area contributed by atoms with Gasteiger partial charge in [-0.1, -0.05) is 0 Å². The predicted octanol–water partition coefficient (Wildman–Crippen LogP) is 0.754. The summed E-state index contributed by atoms with van der Waals surface area (Å²) in [6.45, 7) is 3.16. The van der Waals surface area contributed by atoms with Gasteiger partial charge in [0, 0.05) is 0 Å². The van der Waals surface area contributed by atoms with E-state index in [1.165, 1.54) is 14.0 Å². The van der Waals surface area contributed by atoms with Crippen LogP contribution in [0.2, 0.25) is 0 Å². The van der Waals surface area contributed by atoms with Crippen LogP contribution in [-0.4, -0.2) is 34.7 Å². The summed E-state index contributed by atoms with van der Waals surface area (Å²) in [6.07, 6.45) is 0. The van der Waals surface area contributed by atoms with Gasteiger partial charge in [-0.15, -0.1) is 11.8 Å². The number of carbonyl (C=O) groups is 2. The SMILES string of the molecule is COC(=O)C(C)SC(C)C(=O)O. The van der Waals surface area contributed by atoms with E-state index in [4.69, 9.17) is 5.11 Å². The Morgan fingerprint density at radius 3 is 2.17 bits per heavy atom. The zero-order chi connectivity index (χ0) is 9.72. The summed E-state index contributed by atoms with van der Waals surface area (Å²) >= 11 is 1.07. The zero-order valence-corrected chi connectivity index (χ0v) is 8.05. The summed E-state index contributed by atoms with van der Waals surface area (Å²) in [7, 11) is 1.28. The molecule has 2 atom stereocenters. The van der Waals surface area contributed by atoms with Crippen LogP contribution in [0.1, 0.15) is 13.8 Å². The van der Waals surface area contributed by atoms with Gasteiger partial charge >= 0.3 is 11.9 Å². The van der Waals surface area contributed by atoms with Crippen LogP contribution in [0.4, 0.5) is 0 Å². The lowest BCUT2D eigenvalue weighted by Crippen LogP contribution is -2.21. The van der Waals surface area contributed by atoms with Crippen LogP contribution in [0.25, 0.3) is 0 Å². The number of methoxy groups -OCH3 is 1. The van der Waals surface area contributed by atoms with Crippen LogP contribution in [0, 0.1) is 0 Å². The van der Waals surface area contributed by atoms with Crippen LogP contribution in [0.5, 0.6) is 0 Å². The van der Waals surface area contributed by atoms with E-state index in [1.54, 1.807) is 6.92 Å². The minimum atomic E-state index is -0.921. The molecule has 2 unspecified atom stereocenters. The molecular weight excluding hydrogens is 180 g/mol. The fourth-order valence-corrected chi connectivity index (χ4v) is 1.52. The standard InChI is InChI=1S/C7H12O4S/c1-4(6(8)9)12-5(2)7(10)11-3/h4-5H,1-3H3,(H,8,9). The molecule has 0 spiro atoms. The molecule has 0 heterocycles. The molecule has 70 valence electrons. The van der Waals surface area contributed by atoms with Gasteiger partial charge in [-0.05, 0) is 13.8 Å². The van der Waals surface area contributed by atoms with Gasteiger partial charge in [0.15, 0.2) is 0 Å². The molecule has 0 aliphatic heterocycles. The number of hydrogen-bond donors (Lipinski definition) is 1. The Hall–Kier alpha value is -0.710. The Kier molecular flexibility index (Phi) is 4.73. The molecule has 0 saturated heterocycles. The first-order chi connectivity index (χ1) is 5.49. The molecule has 0 bridgehead atoms. The van der Waals surface area contributed by atoms with E-state index in [0.29, 0.717) is 0 Å². The molecule has 0 amide bonds. The largest absolute Gasteiger partial charge is 0.480 e. The van der Waals surface area contributed by atoms with Gasteiger partial charge in [0.1, 0.15) is 10.5 Å². The minimum Gasteiger partial charge on any atom is -0.480 e. The molecule has 4 nitrogen and oxygen atoms in total. The second-order valence-electron chi connectivity index (χ2n) is 2.28. The van der Waals surface area contributed by atoms with Crippen LogP contribution in [0.15, 0.2) is 0 Å². The number of esters is 1. The summed E-state index contributed by atoms with van der Waals surface area (Å²) in [6, 6.07) is 0. The molecule has 0 aliphatic carbocycles. The zero-order valence-electron chi connectivity index (χ0n) is 7.23. The normalized spacial score (nSPS) is 14.9. The molecule has 0 aromatic heterocycles.